The molecule has 0 saturated heterocycles. The molecule has 3 aromatic carbocycles. The highest BCUT2D eigenvalue weighted by Gasteiger charge is 2.21. The first kappa shape index (κ1) is 20.7. The first-order chi connectivity index (χ1) is 15.1. The van der Waals surface area contributed by atoms with Crippen LogP contribution in [-0.2, 0) is 0 Å². The molecule has 0 atom stereocenters. The van der Waals surface area contributed by atoms with Gasteiger partial charge in [-0.05, 0) is 72.3 Å². The van der Waals surface area contributed by atoms with E-state index >= 15 is 0 Å². The van der Waals surface area contributed by atoms with Crippen LogP contribution >= 0.6 is 27.3 Å². The van der Waals surface area contributed by atoms with Crippen LogP contribution < -0.4 is 9.75 Å². The second-order valence-corrected chi connectivity index (χ2v) is 8.36. The topological polar surface area (TPSA) is 78.6 Å². The highest BCUT2D eigenvalue weighted by Crippen LogP contribution is 2.32. The van der Waals surface area contributed by atoms with Gasteiger partial charge in [0.25, 0.3) is 5.91 Å². The molecule has 4 rings (SSSR count). The van der Waals surface area contributed by atoms with Crippen molar-refractivity contribution in [3.8, 4) is 11.8 Å². The van der Waals surface area contributed by atoms with E-state index in [-0.39, 0.29) is 5.91 Å². The van der Waals surface area contributed by atoms with Crippen molar-refractivity contribution in [3.63, 3.8) is 0 Å². The van der Waals surface area contributed by atoms with Gasteiger partial charge in [-0.3, -0.25) is 4.79 Å². The summed E-state index contributed by atoms with van der Waals surface area (Å²) in [4.78, 5) is 17.9. The SMILES string of the molecule is COc1ccc(/C=N/N(C(=O)c2ccc(C#N)cc2)c2nc3ccc(Br)cc3s2)cc1. The number of ether oxygens (including phenoxy) is 1. The third kappa shape index (κ3) is 4.63. The fraction of sp³-hybridized carbons (Fsp3) is 0.0435. The Hall–Kier alpha value is -3.54. The number of benzene rings is 3. The quantitative estimate of drug-likeness (QED) is 0.268. The molecule has 0 aliphatic rings. The predicted molar refractivity (Wildman–Crippen MR) is 126 cm³/mol. The van der Waals surface area contributed by atoms with Gasteiger partial charge in [0.05, 0.1) is 35.2 Å². The maximum absolute atomic E-state index is 13.3. The van der Waals surface area contributed by atoms with E-state index in [0.717, 1.165) is 26.0 Å². The van der Waals surface area contributed by atoms with Crippen LogP contribution in [0.1, 0.15) is 21.5 Å². The summed E-state index contributed by atoms with van der Waals surface area (Å²) in [6, 6.07) is 21.6. The third-order valence-electron chi connectivity index (χ3n) is 4.41. The number of hydrogen-bond acceptors (Lipinski definition) is 6. The molecular formula is C23H15BrN4O2S. The molecular weight excluding hydrogens is 476 g/mol. The molecule has 0 N–H and O–H groups in total. The fourth-order valence-corrected chi connectivity index (χ4v) is 4.26. The number of amides is 1. The summed E-state index contributed by atoms with van der Waals surface area (Å²) in [5, 5.41) is 15.2. The lowest BCUT2D eigenvalue weighted by atomic mass is 10.1. The smallest absolute Gasteiger partial charge is 0.280 e. The maximum Gasteiger partial charge on any atom is 0.280 e. The zero-order chi connectivity index (χ0) is 21.8. The molecule has 0 saturated carbocycles. The Labute approximate surface area is 191 Å². The van der Waals surface area contributed by atoms with Crippen molar-refractivity contribution < 1.29 is 9.53 Å². The average Bonchev–Trinajstić information content (AvgIpc) is 3.22. The number of rotatable bonds is 5. The standard InChI is InChI=1S/C23H15BrN4O2S/c1-30-19-9-4-16(5-10-19)14-26-28(22(29)17-6-2-15(13-25)3-7-17)23-27-20-11-8-18(24)12-21(20)31-23/h2-12,14H,1H3/b26-14+. The van der Waals surface area contributed by atoms with E-state index in [1.54, 1.807) is 37.6 Å². The van der Waals surface area contributed by atoms with E-state index < -0.39 is 0 Å². The van der Waals surface area contributed by atoms with Crippen molar-refractivity contribution in [1.29, 1.82) is 5.26 Å². The Balaban J connectivity index is 1.73. The lowest BCUT2D eigenvalue weighted by Gasteiger charge is -2.14. The molecule has 1 aromatic heterocycles. The number of fused-ring (bicyclic) bond motifs is 1. The summed E-state index contributed by atoms with van der Waals surface area (Å²) in [5.74, 6) is 0.395. The van der Waals surface area contributed by atoms with Gasteiger partial charge in [0.15, 0.2) is 0 Å². The van der Waals surface area contributed by atoms with E-state index in [4.69, 9.17) is 10.00 Å². The van der Waals surface area contributed by atoms with E-state index in [1.807, 2.05) is 42.5 Å². The highest BCUT2D eigenvalue weighted by molar-refractivity contribution is 9.10. The first-order valence-electron chi connectivity index (χ1n) is 9.16. The molecule has 0 aliphatic carbocycles. The molecule has 1 amide bonds. The van der Waals surface area contributed by atoms with Crippen LogP contribution in [0.3, 0.4) is 0 Å². The number of hydrogen-bond donors (Lipinski definition) is 0. The number of thiazole rings is 1. The highest BCUT2D eigenvalue weighted by atomic mass is 79.9. The van der Waals surface area contributed by atoms with E-state index in [2.05, 4.69) is 32.1 Å². The zero-order valence-electron chi connectivity index (χ0n) is 16.3. The number of methoxy groups -OCH3 is 1. The second-order valence-electron chi connectivity index (χ2n) is 6.43. The number of nitrogens with zero attached hydrogens (tertiary/aromatic N) is 4. The van der Waals surface area contributed by atoms with Crippen LogP contribution in [0.15, 0.2) is 76.3 Å². The molecule has 4 aromatic rings. The molecule has 152 valence electrons. The number of carbonyl (C=O) groups excluding carboxylic acids is 1. The van der Waals surface area contributed by atoms with Crippen molar-refractivity contribution in [1.82, 2.24) is 4.98 Å². The van der Waals surface area contributed by atoms with Crippen molar-refractivity contribution in [3.05, 3.63) is 87.9 Å². The number of halogens is 1. The fourth-order valence-electron chi connectivity index (χ4n) is 2.79. The van der Waals surface area contributed by atoms with Gasteiger partial charge in [-0.15, -0.1) is 0 Å². The summed E-state index contributed by atoms with van der Waals surface area (Å²) < 4.78 is 7.04. The monoisotopic (exact) mass is 490 g/mol. The minimum absolute atomic E-state index is 0.340. The summed E-state index contributed by atoms with van der Waals surface area (Å²) in [7, 11) is 1.60. The van der Waals surface area contributed by atoms with Gasteiger partial charge >= 0.3 is 0 Å². The molecule has 0 spiro atoms. The normalized spacial score (nSPS) is 10.9. The van der Waals surface area contributed by atoms with Crippen molar-refractivity contribution >= 4 is 54.7 Å². The lowest BCUT2D eigenvalue weighted by Crippen LogP contribution is -2.25. The number of nitriles is 1. The largest absolute Gasteiger partial charge is 0.497 e. The summed E-state index contributed by atoms with van der Waals surface area (Å²) in [5.41, 5.74) is 2.48. The van der Waals surface area contributed by atoms with E-state index in [0.29, 0.717) is 16.3 Å². The van der Waals surface area contributed by atoms with Gasteiger partial charge < -0.3 is 4.74 Å². The van der Waals surface area contributed by atoms with Crippen LogP contribution in [0.4, 0.5) is 5.13 Å². The first-order valence-corrected chi connectivity index (χ1v) is 10.8. The minimum atomic E-state index is -0.340. The number of hydrazone groups is 1. The molecule has 0 aliphatic heterocycles. The summed E-state index contributed by atoms with van der Waals surface area (Å²) in [6.45, 7) is 0. The Morgan fingerprint density at radius 3 is 2.58 bits per heavy atom. The molecule has 31 heavy (non-hydrogen) atoms. The van der Waals surface area contributed by atoms with Gasteiger partial charge in [-0.2, -0.15) is 15.4 Å². The molecule has 0 fully saturated rings. The number of carbonyl (C=O) groups is 1. The Bertz CT molecular complexity index is 1310. The summed E-state index contributed by atoms with van der Waals surface area (Å²) in [6.07, 6.45) is 1.60. The van der Waals surface area contributed by atoms with Gasteiger partial charge in [-0.1, -0.05) is 27.3 Å². The van der Waals surface area contributed by atoms with E-state index in [1.165, 1.54) is 16.3 Å². The molecule has 0 radical (unpaired) electrons. The molecule has 8 heteroatoms. The van der Waals surface area contributed by atoms with Crippen molar-refractivity contribution in [2.75, 3.05) is 12.1 Å². The molecule has 1 heterocycles. The predicted octanol–water partition coefficient (Wildman–Crippen LogP) is 5.62. The Kier molecular flexibility index (Phi) is 6.07. The Morgan fingerprint density at radius 2 is 1.90 bits per heavy atom. The average molecular weight is 491 g/mol. The van der Waals surface area contributed by atoms with Gasteiger partial charge in [0.2, 0.25) is 5.13 Å². The van der Waals surface area contributed by atoms with Crippen LogP contribution in [0.25, 0.3) is 10.2 Å². The minimum Gasteiger partial charge on any atom is -0.497 e. The van der Waals surface area contributed by atoms with Gasteiger partial charge in [0.1, 0.15) is 5.75 Å². The Morgan fingerprint density at radius 1 is 1.16 bits per heavy atom. The van der Waals surface area contributed by atoms with Crippen LogP contribution in [0.5, 0.6) is 5.75 Å². The molecule has 6 nitrogen and oxygen atoms in total. The van der Waals surface area contributed by atoms with Gasteiger partial charge in [0, 0.05) is 10.0 Å². The van der Waals surface area contributed by atoms with Crippen molar-refractivity contribution in [2.24, 2.45) is 5.10 Å². The lowest BCUT2D eigenvalue weighted by molar-refractivity contribution is 0.0988. The van der Waals surface area contributed by atoms with Crippen molar-refractivity contribution in [2.45, 2.75) is 0 Å². The zero-order valence-corrected chi connectivity index (χ0v) is 18.7. The number of aromatic nitrogens is 1. The molecule has 0 unspecified atom stereocenters. The van der Waals surface area contributed by atoms with Crippen LogP contribution in [0, 0.1) is 11.3 Å². The molecule has 0 bridgehead atoms. The van der Waals surface area contributed by atoms with Crippen LogP contribution in [0.2, 0.25) is 0 Å². The van der Waals surface area contributed by atoms with Gasteiger partial charge in [-0.25, -0.2) is 4.98 Å². The summed E-state index contributed by atoms with van der Waals surface area (Å²) >= 11 is 4.83. The third-order valence-corrected chi connectivity index (χ3v) is 5.90. The number of anilines is 1. The second kappa shape index (κ2) is 9.08. The maximum atomic E-state index is 13.3. The van der Waals surface area contributed by atoms with Crippen LogP contribution in [-0.4, -0.2) is 24.2 Å². The van der Waals surface area contributed by atoms with E-state index in [9.17, 15) is 4.79 Å².